The fourth-order valence-electron chi connectivity index (χ4n) is 4.30. The van der Waals surface area contributed by atoms with Gasteiger partial charge in [0.2, 0.25) is 0 Å². The molecule has 2 heterocycles. The Labute approximate surface area is 150 Å². The third kappa shape index (κ3) is 3.53. The molecule has 0 amide bonds. The summed E-state index contributed by atoms with van der Waals surface area (Å²) in [6, 6.07) is 15.2. The predicted molar refractivity (Wildman–Crippen MR) is 101 cm³/mol. The Balaban J connectivity index is 1.37. The quantitative estimate of drug-likeness (QED) is 0.921. The molecule has 1 N–H and O–H groups in total. The van der Waals surface area contributed by atoms with Gasteiger partial charge >= 0.3 is 0 Å². The number of rotatable bonds is 3. The summed E-state index contributed by atoms with van der Waals surface area (Å²) in [4.78, 5) is 6.77. The molecule has 1 aliphatic carbocycles. The molecule has 3 heteroatoms. The number of aromatic nitrogens is 1. The second-order valence-electron chi connectivity index (χ2n) is 7.34. The number of benzene rings is 1. The van der Waals surface area contributed by atoms with E-state index in [0.29, 0.717) is 6.04 Å². The van der Waals surface area contributed by atoms with E-state index < -0.39 is 5.60 Å². The van der Waals surface area contributed by atoms with Crippen LogP contribution in [0.5, 0.6) is 0 Å². The first-order valence-corrected chi connectivity index (χ1v) is 9.36. The molecule has 1 aromatic carbocycles. The van der Waals surface area contributed by atoms with Gasteiger partial charge in [0.05, 0.1) is 5.60 Å². The van der Waals surface area contributed by atoms with E-state index in [-0.39, 0.29) is 0 Å². The molecule has 3 nitrogen and oxygen atoms in total. The van der Waals surface area contributed by atoms with Gasteiger partial charge in [-0.15, -0.1) is 0 Å². The van der Waals surface area contributed by atoms with Crippen molar-refractivity contribution in [2.45, 2.75) is 43.7 Å². The lowest BCUT2D eigenvalue weighted by molar-refractivity contribution is -0.0240. The van der Waals surface area contributed by atoms with Crippen LogP contribution in [0.3, 0.4) is 0 Å². The van der Waals surface area contributed by atoms with Gasteiger partial charge in [-0.2, -0.15) is 0 Å². The fraction of sp³-hybridized carbons (Fsp3) is 0.409. The van der Waals surface area contributed by atoms with Gasteiger partial charge in [-0.05, 0) is 49.3 Å². The van der Waals surface area contributed by atoms with Gasteiger partial charge < -0.3 is 5.11 Å². The van der Waals surface area contributed by atoms with Gasteiger partial charge in [0, 0.05) is 37.1 Å². The monoisotopic (exact) mass is 334 g/mol. The molecule has 0 unspecified atom stereocenters. The van der Waals surface area contributed by atoms with Crippen LogP contribution in [0, 0.1) is 0 Å². The molecule has 1 fully saturated rings. The Morgan fingerprint density at radius 3 is 2.48 bits per heavy atom. The number of hydrogen-bond acceptors (Lipinski definition) is 3. The molecular formula is C22H26N2O. The highest BCUT2D eigenvalue weighted by molar-refractivity contribution is 5.66. The van der Waals surface area contributed by atoms with Gasteiger partial charge in [-0.25, -0.2) is 0 Å². The minimum absolute atomic E-state index is 0.588. The molecule has 25 heavy (non-hydrogen) atoms. The number of hydrogen-bond donors (Lipinski definition) is 1. The molecule has 2 aliphatic rings. The SMILES string of the molecule is O[C@]1(c2cccnc2)CC[C@@H](N2CC=C(c3ccccc3)CC2)CC1. The van der Waals surface area contributed by atoms with Gasteiger partial charge in [0.15, 0.2) is 0 Å². The van der Waals surface area contributed by atoms with Crippen LogP contribution in [0.25, 0.3) is 5.57 Å². The van der Waals surface area contributed by atoms with E-state index >= 15 is 0 Å². The van der Waals surface area contributed by atoms with Crippen molar-refractivity contribution >= 4 is 5.57 Å². The van der Waals surface area contributed by atoms with Crippen LogP contribution in [0.4, 0.5) is 0 Å². The lowest BCUT2D eigenvalue weighted by Gasteiger charge is -2.42. The Kier molecular flexibility index (Phi) is 4.69. The van der Waals surface area contributed by atoms with E-state index in [0.717, 1.165) is 50.8 Å². The van der Waals surface area contributed by atoms with E-state index in [1.165, 1.54) is 11.1 Å². The Morgan fingerprint density at radius 2 is 1.84 bits per heavy atom. The van der Waals surface area contributed by atoms with Gasteiger partial charge in [0.1, 0.15) is 0 Å². The van der Waals surface area contributed by atoms with Crippen LogP contribution in [-0.4, -0.2) is 34.1 Å². The zero-order valence-corrected chi connectivity index (χ0v) is 14.6. The molecule has 2 aromatic rings. The van der Waals surface area contributed by atoms with Gasteiger partial charge in [-0.3, -0.25) is 9.88 Å². The largest absolute Gasteiger partial charge is 0.385 e. The number of aliphatic hydroxyl groups is 1. The van der Waals surface area contributed by atoms with E-state index in [9.17, 15) is 5.11 Å². The topological polar surface area (TPSA) is 36.4 Å². The van der Waals surface area contributed by atoms with Crippen molar-refractivity contribution in [3.8, 4) is 0 Å². The van der Waals surface area contributed by atoms with Gasteiger partial charge in [-0.1, -0.05) is 42.5 Å². The van der Waals surface area contributed by atoms with Gasteiger partial charge in [0.25, 0.3) is 0 Å². The highest BCUT2D eigenvalue weighted by atomic mass is 16.3. The first kappa shape index (κ1) is 16.5. The third-order valence-corrected chi connectivity index (χ3v) is 5.88. The van der Waals surface area contributed by atoms with E-state index in [2.05, 4.69) is 46.3 Å². The molecule has 0 bridgehead atoms. The lowest BCUT2D eigenvalue weighted by atomic mass is 9.77. The molecule has 4 rings (SSSR count). The van der Waals surface area contributed by atoms with Crippen molar-refractivity contribution in [1.29, 1.82) is 0 Å². The van der Waals surface area contributed by atoms with Crippen LogP contribution >= 0.6 is 0 Å². The Bertz CT molecular complexity index is 718. The summed E-state index contributed by atoms with van der Waals surface area (Å²) in [5.41, 5.74) is 3.11. The lowest BCUT2D eigenvalue weighted by Crippen LogP contribution is -2.44. The van der Waals surface area contributed by atoms with Crippen molar-refractivity contribution in [2.75, 3.05) is 13.1 Å². The van der Waals surface area contributed by atoms with Crippen molar-refractivity contribution in [3.63, 3.8) is 0 Å². The van der Waals surface area contributed by atoms with Crippen LogP contribution < -0.4 is 0 Å². The standard InChI is InChI=1S/C22H26N2O/c25-22(20-7-4-14-23-17-20)12-8-21(9-13-22)24-15-10-19(11-16-24)18-5-2-1-3-6-18/h1-7,10,14,17,21,25H,8-9,11-13,15-16H2/t21-,22-. The summed E-state index contributed by atoms with van der Waals surface area (Å²) in [5.74, 6) is 0. The summed E-state index contributed by atoms with van der Waals surface area (Å²) < 4.78 is 0. The minimum atomic E-state index is -0.689. The van der Waals surface area contributed by atoms with Crippen LogP contribution in [0.2, 0.25) is 0 Å². The Morgan fingerprint density at radius 1 is 1.04 bits per heavy atom. The first-order valence-electron chi connectivity index (χ1n) is 9.36. The van der Waals surface area contributed by atoms with E-state index in [4.69, 9.17) is 0 Å². The maximum absolute atomic E-state index is 11.0. The molecular weight excluding hydrogens is 308 g/mol. The molecule has 1 aliphatic heterocycles. The van der Waals surface area contributed by atoms with Crippen molar-refractivity contribution in [3.05, 3.63) is 72.1 Å². The average Bonchev–Trinajstić information content (AvgIpc) is 2.70. The maximum atomic E-state index is 11.0. The zero-order chi connectivity index (χ0) is 17.1. The fourth-order valence-corrected chi connectivity index (χ4v) is 4.30. The number of pyridine rings is 1. The normalized spacial score (nSPS) is 27.7. The second-order valence-corrected chi connectivity index (χ2v) is 7.34. The smallest absolute Gasteiger partial charge is 0.0912 e. The molecule has 0 saturated heterocycles. The second kappa shape index (κ2) is 7.11. The average molecular weight is 334 g/mol. The van der Waals surface area contributed by atoms with E-state index in [1.807, 2.05) is 18.3 Å². The minimum Gasteiger partial charge on any atom is -0.385 e. The molecule has 0 atom stereocenters. The molecule has 1 aromatic heterocycles. The highest BCUT2D eigenvalue weighted by Crippen LogP contribution is 2.39. The summed E-state index contributed by atoms with van der Waals surface area (Å²) >= 11 is 0. The van der Waals surface area contributed by atoms with E-state index in [1.54, 1.807) is 6.20 Å². The summed E-state index contributed by atoms with van der Waals surface area (Å²) in [6.07, 6.45) is 10.9. The summed E-state index contributed by atoms with van der Waals surface area (Å²) in [6.45, 7) is 2.15. The summed E-state index contributed by atoms with van der Waals surface area (Å²) in [7, 11) is 0. The van der Waals surface area contributed by atoms with Crippen LogP contribution in [0.1, 0.15) is 43.2 Å². The van der Waals surface area contributed by atoms with Crippen molar-refractivity contribution in [1.82, 2.24) is 9.88 Å². The zero-order valence-electron chi connectivity index (χ0n) is 14.6. The third-order valence-electron chi connectivity index (χ3n) is 5.88. The van der Waals surface area contributed by atoms with Crippen LogP contribution in [0.15, 0.2) is 60.9 Å². The number of nitrogens with zero attached hydrogens (tertiary/aromatic N) is 2. The predicted octanol–water partition coefficient (Wildman–Crippen LogP) is 4.00. The van der Waals surface area contributed by atoms with Crippen LogP contribution in [-0.2, 0) is 5.60 Å². The molecule has 0 spiro atoms. The Hall–Kier alpha value is -1.97. The maximum Gasteiger partial charge on any atom is 0.0912 e. The van der Waals surface area contributed by atoms with Crippen molar-refractivity contribution in [2.24, 2.45) is 0 Å². The first-order chi connectivity index (χ1) is 12.2. The van der Waals surface area contributed by atoms with Crippen molar-refractivity contribution < 1.29 is 5.11 Å². The molecule has 0 radical (unpaired) electrons. The highest BCUT2D eigenvalue weighted by Gasteiger charge is 2.36. The summed E-state index contributed by atoms with van der Waals surface area (Å²) in [5, 5.41) is 11.0. The molecule has 130 valence electrons. The molecule has 1 saturated carbocycles.